The highest BCUT2D eigenvalue weighted by Gasteiger charge is 2.24. The van der Waals surface area contributed by atoms with Gasteiger partial charge in [-0.05, 0) is 37.7 Å². The van der Waals surface area contributed by atoms with E-state index in [0.29, 0.717) is 17.7 Å². The van der Waals surface area contributed by atoms with Crippen LogP contribution in [0.2, 0.25) is 0 Å². The zero-order valence-corrected chi connectivity index (χ0v) is 16.6. The van der Waals surface area contributed by atoms with Crippen molar-refractivity contribution >= 4 is 53.3 Å². The van der Waals surface area contributed by atoms with Crippen LogP contribution in [0, 0.1) is 0 Å². The number of pyridine rings is 1. The summed E-state index contributed by atoms with van der Waals surface area (Å²) in [4.78, 5) is 20.0. The molecular weight excluding hydrogens is 425 g/mol. The molecule has 1 amide bonds. The Kier molecular flexibility index (Phi) is 9.30. The lowest BCUT2D eigenvalue weighted by Gasteiger charge is -2.17. The maximum absolute atomic E-state index is 11.9. The Morgan fingerprint density at radius 1 is 1.48 bits per heavy atom. The fourth-order valence-electron chi connectivity index (χ4n) is 2.48. The summed E-state index contributed by atoms with van der Waals surface area (Å²) in [5, 5.41) is 9.94. The topological polar surface area (TPSA) is 78.4 Å². The van der Waals surface area contributed by atoms with Gasteiger partial charge in [0.25, 0.3) is 0 Å². The minimum Gasteiger partial charge on any atom is -0.354 e. The van der Waals surface area contributed by atoms with Gasteiger partial charge in [0, 0.05) is 24.5 Å². The lowest BCUT2D eigenvalue weighted by atomic mass is 10.2. The molecule has 0 radical (unpaired) electrons. The Balaban J connectivity index is 0.00000264. The molecule has 0 aromatic carbocycles. The third-order valence-corrected chi connectivity index (χ3v) is 4.74. The molecule has 1 aliphatic carbocycles. The van der Waals surface area contributed by atoms with Crippen molar-refractivity contribution in [3.8, 4) is 0 Å². The number of guanidine groups is 1. The molecule has 1 fully saturated rings. The molecule has 2 rings (SSSR count). The van der Waals surface area contributed by atoms with Gasteiger partial charge in [-0.25, -0.2) is 0 Å². The van der Waals surface area contributed by atoms with Gasteiger partial charge in [-0.2, -0.15) is 11.8 Å². The SMILES string of the molecule is CN=C(NCC(=O)Nc1cccnc1)NC1CCC(SC)C1.I. The Morgan fingerprint density at radius 2 is 2.30 bits per heavy atom. The number of rotatable bonds is 5. The number of nitrogens with zero attached hydrogens (tertiary/aromatic N) is 2. The van der Waals surface area contributed by atoms with Gasteiger partial charge < -0.3 is 16.0 Å². The molecule has 1 aromatic heterocycles. The standard InChI is InChI=1S/C15H23N5OS.HI/c1-16-15(20-11-5-6-13(8-11)22-2)18-10-14(21)19-12-4-3-7-17-9-12;/h3-4,7,9,11,13H,5-6,8,10H2,1-2H3,(H,19,21)(H2,16,18,20);1H. The molecule has 1 aliphatic rings. The van der Waals surface area contributed by atoms with Gasteiger partial charge in [0.15, 0.2) is 5.96 Å². The van der Waals surface area contributed by atoms with Gasteiger partial charge in [0.05, 0.1) is 18.4 Å². The van der Waals surface area contributed by atoms with Gasteiger partial charge in [0.1, 0.15) is 0 Å². The molecule has 23 heavy (non-hydrogen) atoms. The maximum Gasteiger partial charge on any atom is 0.243 e. The molecule has 0 bridgehead atoms. The molecule has 8 heteroatoms. The molecule has 0 aliphatic heterocycles. The minimum atomic E-state index is -0.121. The smallest absolute Gasteiger partial charge is 0.243 e. The number of amides is 1. The average molecular weight is 449 g/mol. The minimum absolute atomic E-state index is 0. The van der Waals surface area contributed by atoms with E-state index in [2.05, 4.69) is 32.2 Å². The second-order valence-corrected chi connectivity index (χ2v) is 6.37. The normalized spacial score (nSPS) is 20.5. The third-order valence-electron chi connectivity index (χ3n) is 3.64. The molecule has 2 unspecified atom stereocenters. The lowest BCUT2D eigenvalue weighted by Crippen LogP contribution is -2.45. The van der Waals surface area contributed by atoms with Gasteiger partial charge in [-0.1, -0.05) is 0 Å². The Bertz CT molecular complexity index is 514. The van der Waals surface area contributed by atoms with Crippen molar-refractivity contribution in [3.63, 3.8) is 0 Å². The van der Waals surface area contributed by atoms with Crippen molar-refractivity contribution in [2.24, 2.45) is 4.99 Å². The number of carbonyl (C=O) groups excluding carboxylic acids is 1. The first-order valence-corrected chi connectivity index (χ1v) is 8.70. The molecular formula is C15H24IN5OS. The molecule has 0 saturated heterocycles. The Labute approximate surface area is 158 Å². The van der Waals surface area contributed by atoms with E-state index < -0.39 is 0 Å². The number of hydrogen-bond donors (Lipinski definition) is 3. The highest BCUT2D eigenvalue weighted by molar-refractivity contribution is 14.0. The molecule has 1 saturated carbocycles. The molecule has 6 nitrogen and oxygen atoms in total. The number of hydrogen-bond acceptors (Lipinski definition) is 4. The number of carbonyl (C=O) groups is 1. The summed E-state index contributed by atoms with van der Waals surface area (Å²) in [6.45, 7) is 0.174. The Hall–Kier alpha value is -1.03. The lowest BCUT2D eigenvalue weighted by molar-refractivity contribution is -0.115. The van der Waals surface area contributed by atoms with Crippen LogP contribution in [0.3, 0.4) is 0 Å². The molecule has 1 aromatic rings. The molecule has 3 N–H and O–H groups in total. The third kappa shape index (κ3) is 6.94. The number of thioether (sulfide) groups is 1. The van der Waals surface area contributed by atoms with Crippen LogP contribution in [0.1, 0.15) is 19.3 Å². The largest absolute Gasteiger partial charge is 0.354 e. The van der Waals surface area contributed by atoms with Crippen molar-refractivity contribution in [2.45, 2.75) is 30.6 Å². The molecule has 2 atom stereocenters. The first-order valence-electron chi connectivity index (χ1n) is 7.41. The molecule has 128 valence electrons. The summed E-state index contributed by atoms with van der Waals surface area (Å²) >= 11 is 1.92. The highest BCUT2D eigenvalue weighted by atomic mass is 127. The second kappa shape index (κ2) is 10.7. The van der Waals surface area contributed by atoms with E-state index in [1.54, 1.807) is 31.6 Å². The van der Waals surface area contributed by atoms with E-state index in [0.717, 1.165) is 18.1 Å². The monoisotopic (exact) mass is 449 g/mol. The number of aliphatic imine (C=N–C) groups is 1. The summed E-state index contributed by atoms with van der Waals surface area (Å²) in [5.41, 5.74) is 0.691. The summed E-state index contributed by atoms with van der Waals surface area (Å²) in [6, 6.07) is 4.02. The number of anilines is 1. The predicted molar refractivity (Wildman–Crippen MR) is 108 cm³/mol. The molecule has 1 heterocycles. The summed E-state index contributed by atoms with van der Waals surface area (Å²) in [5.74, 6) is 0.553. The van der Waals surface area contributed by atoms with Crippen LogP contribution in [-0.4, -0.2) is 48.0 Å². The van der Waals surface area contributed by atoms with Gasteiger partial charge in [-0.3, -0.25) is 14.8 Å². The van der Waals surface area contributed by atoms with Crippen molar-refractivity contribution in [1.82, 2.24) is 15.6 Å². The van der Waals surface area contributed by atoms with E-state index in [4.69, 9.17) is 0 Å². The van der Waals surface area contributed by atoms with E-state index in [9.17, 15) is 4.79 Å². The fraction of sp³-hybridized carbons (Fsp3) is 0.533. The summed E-state index contributed by atoms with van der Waals surface area (Å²) < 4.78 is 0. The zero-order chi connectivity index (χ0) is 15.8. The maximum atomic E-state index is 11.9. The van der Waals surface area contributed by atoms with Crippen molar-refractivity contribution in [2.75, 3.05) is 25.2 Å². The van der Waals surface area contributed by atoms with Crippen molar-refractivity contribution < 1.29 is 4.79 Å². The predicted octanol–water partition coefficient (Wildman–Crippen LogP) is 2.09. The van der Waals surface area contributed by atoms with E-state index in [1.807, 2.05) is 11.8 Å². The van der Waals surface area contributed by atoms with Crippen LogP contribution in [0.4, 0.5) is 5.69 Å². The second-order valence-electron chi connectivity index (χ2n) is 5.23. The van der Waals surface area contributed by atoms with Crippen LogP contribution >= 0.6 is 35.7 Å². The van der Waals surface area contributed by atoms with Crippen LogP contribution < -0.4 is 16.0 Å². The van der Waals surface area contributed by atoms with Gasteiger partial charge >= 0.3 is 0 Å². The van der Waals surface area contributed by atoms with Crippen LogP contribution in [-0.2, 0) is 4.79 Å². The highest BCUT2D eigenvalue weighted by Crippen LogP contribution is 2.27. The summed E-state index contributed by atoms with van der Waals surface area (Å²) in [7, 11) is 1.72. The van der Waals surface area contributed by atoms with E-state index >= 15 is 0 Å². The Morgan fingerprint density at radius 3 is 2.91 bits per heavy atom. The van der Waals surface area contributed by atoms with Crippen molar-refractivity contribution in [1.29, 1.82) is 0 Å². The van der Waals surface area contributed by atoms with Crippen LogP contribution in [0.25, 0.3) is 0 Å². The average Bonchev–Trinajstić information content (AvgIpc) is 3.00. The number of nitrogens with one attached hydrogen (secondary N) is 3. The van der Waals surface area contributed by atoms with E-state index in [-0.39, 0.29) is 36.4 Å². The first-order chi connectivity index (χ1) is 10.7. The fourth-order valence-corrected chi connectivity index (χ4v) is 3.28. The molecule has 0 spiro atoms. The first kappa shape index (κ1) is 20.0. The van der Waals surface area contributed by atoms with Crippen LogP contribution in [0.5, 0.6) is 0 Å². The summed E-state index contributed by atoms with van der Waals surface area (Å²) in [6.07, 6.45) is 8.97. The zero-order valence-electron chi connectivity index (χ0n) is 13.4. The van der Waals surface area contributed by atoms with Crippen molar-refractivity contribution in [3.05, 3.63) is 24.5 Å². The van der Waals surface area contributed by atoms with Gasteiger partial charge in [-0.15, -0.1) is 24.0 Å². The van der Waals surface area contributed by atoms with Crippen LogP contribution in [0.15, 0.2) is 29.5 Å². The van der Waals surface area contributed by atoms with Gasteiger partial charge in [0.2, 0.25) is 5.91 Å². The quantitative estimate of drug-likeness (QED) is 0.365. The van der Waals surface area contributed by atoms with E-state index in [1.165, 1.54) is 6.42 Å². The number of halogens is 1. The number of aromatic nitrogens is 1.